The number of nitrogen functional groups attached to an aromatic ring is 1. The van der Waals surface area contributed by atoms with Gasteiger partial charge in [0.2, 0.25) is 0 Å². The number of benzene rings is 1. The third-order valence-electron chi connectivity index (χ3n) is 2.45. The molecule has 11 heteroatoms. The van der Waals surface area contributed by atoms with Crippen LogP contribution in [-0.4, -0.2) is 14.5 Å². The van der Waals surface area contributed by atoms with Gasteiger partial charge in [-0.25, -0.2) is 13.6 Å². The largest absolute Gasteiger partial charge is 0.453 e. The lowest BCUT2D eigenvalue weighted by molar-refractivity contribution is -0.146. The normalized spacial score (nSPS) is 11.4. The van der Waals surface area contributed by atoms with E-state index in [9.17, 15) is 26.7 Å². The van der Waals surface area contributed by atoms with Gasteiger partial charge in [-0.2, -0.15) is 27.8 Å². The second-order valence-electron chi connectivity index (χ2n) is 3.78. The summed E-state index contributed by atoms with van der Waals surface area (Å²) in [7, 11) is 0. The van der Waals surface area contributed by atoms with Crippen LogP contribution >= 0.6 is 0 Å². The fourth-order valence-electron chi connectivity index (χ4n) is 1.51. The van der Waals surface area contributed by atoms with Gasteiger partial charge in [-0.05, 0) is 6.07 Å². The maximum atomic E-state index is 13.7. The Morgan fingerprint density at radius 3 is 2.33 bits per heavy atom. The summed E-state index contributed by atoms with van der Waals surface area (Å²) in [5.41, 5.74) is -3.09. The van der Waals surface area contributed by atoms with Gasteiger partial charge in [-0.1, -0.05) is 0 Å². The summed E-state index contributed by atoms with van der Waals surface area (Å²) >= 11 is 0. The van der Waals surface area contributed by atoms with E-state index in [2.05, 4.69) is 5.10 Å². The molecular formula is C10H4F5N5O. The SMILES string of the molecule is N#Cc1cc(F)c(-n2nc(C(F)(F)F)n(N)c2=O)cc1F. The predicted molar refractivity (Wildman–Crippen MR) is 57.6 cm³/mol. The lowest BCUT2D eigenvalue weighted by Gasteiger charge is -2.03. The molecule has 0 amide bonds. The molecule has 0 aliphatic carbocycles. The minimum atomic E-state index is -5.05. The van der Waals surface area contributed by atoms with E-state index in [1.165, 1.54) is 6.07 Å². The van der Waals surface area contributed by atoms with Gasteiger partial charge in [0.25, 0.3) is 5.82 Å². The van der Waals surface area contributed by atoms with Crippen molar-refractivity contribution in [2.45, 2.75) is 6.18 Å². The predicted octanol–water partition coefficient (Wildman–Crippen LogP) is 0.916. The Hall–Kier alpha value is -2.90. The van der Waals surface area contributed by atoms with Gasteiger partial charge < -0.3 is 5.84 Å². The lowest BCUT2D eigenvalue weighted by atomic mass is 10.2. The molecule has 1 aromatic heterocycles. The van der Waals surface area contributed by atoms with Gasteiger partial charge in [0.15, 0.2) is 5.82 Å². The molecule has 1 heterocycles. The van der Waals surface area contributed by atoms with E-state index in [1.807, 2.05) is 0 Å². The quantitative estimate of drug-likeness (QED) is 0.626. The molecule has 0 aliphatic heterocycles. The smallest absolute Gasteiger partial charge is 0.333 e. The number of nitriles is 1. The molecule has 0 unspecified atom stereocenters. The first-order valence-electron chi connectivity index (χ1n) is 5.10. The number of alkyl halides is 3. The molecule has 0 aliphatic rings. The molecule has 0 radical (unpaired) electrons. The van der Waals surface area contributed by atoms with Gasteiger partial charge >= 0.3 is 11.9 Å². The van der Waals surface area contributed by atoms with Gasteiger partial charge in [0, 0.05) is 6.07 Å². The van der Waals surface area contributed by atoms with Crippen molar-refractivity contribution in [3.63, 3.8) is 0 Å². The first-order chi connectivity index (χ1) is 9.66. The van der Waals surface area contributed by atoms with Crippen molar-refractivity contribution in [1.82, 2.24) is 14.5 Å². The minimum Gasteiger partial charge on any atom is -0.333 e. The van der Waals surface area contributed by atoms with Gasteiger partial charge in [0.1, 0.15) is 17.6 Å². The van der Waals surface area contributed by atoms with E-state index >= 15 is 0 Å². The van der Waals surface area contributed by atoms with Gasteiger partial charge in [-0.3, -0.25) is 0 Å². The van der Waals surface area contributed by atoms with Crippen molar-refractivity contribution in [1.29, 1.82) is 5.26 Å². The van der Waals surface area contributed by atoms with Crippen LogP contribution in [0.25, 0.3) is 5.69 Å². The molecule has 2 rings (SSSR count). The molecule has 21 heavy (non-hydrogen) atoms. The zero-order valence-corrected chi connectivity index (χ0v) is 9.82. The third-order valence-corrected chi connectivity index (χ3v) is 2.45. The van der Waals surface area contributed by atoms with Gasteiger partial charge in [0.05, 0.1) is 5.56 Å². The topological polar surface area (TPSA) is 89.6 Å². The highest BCUT2D eigenvalue weighted by atomic mass is 19.4. The van der Waals surface area contributed by atoms with Crippen LogP contribution in [0.5, 0.6) is 0 Å². The number of hydrogen-bond acceptors (Lipinski definition) is 4. The molecule has 2 aromatic rings. The van der Waals surface area contributed by atoms with Crippen LogP contribution in [0.2, 0.25) is 0 Å². The van der Waals surface area contributed by atoms with Crippen LogP contribution in [0.3, 0.4) is 0 Å². The van der Waals surface area contributed by atoms with Crippen molar-refractivity contribution >= 4 is 0 Å². The van der Waals surface area contributed by atoms with E-state index in [0.717, 1.165) is 0 Å². The number of nitrogens with two attached hydrogens (primary N) is 1. The summed E-state index contributed by atoms with van der Waals surface area (Å²) in [4.78, 5) is 11.5. The number of rotatable bonds is 1. The number of aromatic nitrogens is 3. The maximum absolute atomic E-state index is 13.7. The average Bonchev–Trinajstić information content (AvgIpc) is 2.68. The average molecular weight is 305 g/mol. The molecule has 0 spiro atoms. The number of halogens is 5. The van der Waals surface area contributed by atoms with Crippen molar-refractivity contribution in [3.05, 3.63) is 45.6 Å². The Morgan fingerprint density at radius 2 is 1.86 bits per heavy atom. The van der Waals surface area contributed by atoms with E-state index in [1.54, 1.807) is 0 Å². The van der Waals surface area contributed by atoms with Crippen molar-refractivity contribution in [2.24, 2.45) is 0 Å². The van der Waals surface area contributed by atoms with Crippen LogP contribution in [0.4, 0.5) is 22.0 Å². The summed E-state index contributed by atoms with van der Waals surface area (Å²) < 4.78 is 64.3. The highest BCUT2D eigenvalue weighted by molar-refractivity contribution is 5.41. The summed E-state index contributed by atoms with van der Waals surface area (Å²) in [5.74, 6) is 0.597. The van der Waals surface area contributed by atoms with Crippen LogP contribution in [0.1, 0.15) is 11.4 Å². The van der Waals surface area contributed by atoms with E-state index in [4.69, 9.17) is 11.1 Å². The van der Waals surface area contributed by atoms with Gasteiger partial charge in [-0.15, -0.1) is 5.10 Å². The monoisotopic (exact) mass is 305 g/mol. The molecule has 0 saturated heterocycles. The number of nitrogens with zero attached hydrogens (tertiary/aromatic N) is 4. The van der Waals surface area contributed by atoms with Crippen LogP contribution in [0, 0.1) is 23.0 Å². The van der Waals surface area contributed by atoms with E-state index < -0.39 is 40.6 Å². The molecule has 0 atom stereocenters. The molecule has 0 fully saturated rings. The molecule has 1 aromatic carbocycles. The zero-order chi connectivity index (χ0) is 15.9. The molecule has 110 valence electrons. The Bertz CT molecular complexity index is 813. The first-order valence-corrected chi connectivity index (χ1v) is 5.10. The Balaban J connectivity index is 2.73. The first kappa shape index (κ1) is 14.5. The maximum Gasteiger partial charge on any atom is 0.453 e. The molecule has 2 N–H and O–H groups in total. The van der Waals surface area contributed by atoms with E-state index in [0.29, 0.717) is 12.1 Å². The molecule has 0 bridgehead atoms. The second kappa shape index (κ2) is 4.58. The fourth-order valence-corrected chi connectivity index (χ4v) is 1.51. The molecule has 6 nitrogen and oxygen atoms in total. The molecular weight excluding hydrogens is 301 g/mol. The summed E-state index contributed by atoms with van der Waals surface area (Å²) in [5, 5.41) is 11.3. The summed E-state index contributed by atoms with van der Waals surface area (Å²) in [6.45, 7) is 0. The second-order valence-corrected chi connectivity index (χ2v) is 3.78. The Morgan fingerprint density at radius 1 is 1.24 bits per heavy atom. The number of hydrogen-bond donors (Lipinski definition) is 1. The minimum absolute atomic E-state index is 0.0393. The van der Waals surface area contributed by atoms with Crippen molar-refractivity contribution in [3.8, 4) is 11.8 Å². The van der Waals surface area contributed by atoms with Crippen LogP contribution in [0.15, 0.2) is 16.9 Å². The Kier molecular flexibility index (Phi) is 3.17. The lowest BCUT2D eigenvalue weighted by Crippen LogP contribution is -2.32. The fraction of sp³-hybridized carbons (Fsp3) is 0.100. The standard InChI is InChI=1S/C10H4F5N5O/c11-5-2-7(6(12)1-4(5)3-16)20-9(21)19(17)8(18-20)10(13,14)15/h1-2H,17H2. The summed E-state index contributed by atoms with van der Waals surface area (Å²) in [6.07, 6.45) is -5.05. The van der Waals surface area contributed by atoms with Crippen molar-refractivity contribution in [2.75, 3.05) is 5.84 Å². The van der Waals surface area contributed by atoms with E-state index in [-0.39, 0.29) is 9.36 Å². The van der Waals surface area contributed by atoms with Crippen molar-refractivity contribution < 1.29 is 22.0 Å². The zero-order valence-electron chi connectivity index (χ0n) is 9.82. The van der Waals surface area contributed by atoms with Crippen LogP contribution in [-0.2, 0) is 6.18 Å². The van der Waals surface area contributed by atoms with Crippen LogP contribution < -0.4 is 11.5 Å². The third kappa shape index (κ3) is 2.31. The highest BCUT2D eigenvalue weighted by Gasteiger charge is 2.39. The molecule has 0 saturated carbocycles. The summed E-state index contributed by atoms with van der Waals surface area (Å²) in [6, 6.07) is 2.15. The highest BCUT2D eigenvalue weighted by Crippen LogP contribution is 2.26. The Labute approximate surface area is 112 Å².